The summed E-state index contributed by atoms with van der Waals surface area (Å²) in [6.07, 6.45) is 0. The minimum Gasteiger partial charge on any atom is -0.245 e. The van der Waals surface area contributed by atoms with E-state index in [1.54, 1.807) is 0 Å². The number of thiazole rings is 1. The van der Waals surface area contributed by atoms with Gasteiger partial charge < -0.3 is 0 Å². The highest BCUT2D eigenvalue weighted by atomic mass is 35.5. The molecule has 1 nitrogen and oxygen atoms in total. The number of rotatable bonds is 1. The van der Waals surface area contributed by atoms with Crippen LogP contribution in [0.4, 0.5) is 0 Å². The zero-order chi connectivity index (χ0) is 6.85. The third kappa shape index (κ3) is 1.20. The summed E-state index contributed by atoms with van der Waals surface area (Å²) in [5.74, 6) is 0.350. The molecule has 0 aliphatic heterocycles. The van der Waals surface area contributed by atoms with Crippen molar-refractivity contribution >= 4 is 22.9 Å². The summed E-state index contributed by atoms with van der Waals surface area (Å²) in [4.78, 5) is 4.03. The molecule has 3 heteroatoms. The average molecular weight is 149 g/mol. The van der Waals surface area contributed by atoms with Crippen LogP contribution in [0.1, 0.15) is 12.1 Å². The van der Waals surface area contributed by atoms with Gasteiger partial charge in [-0.05, 0) is 6.92 Å². The molecule has 1 aromatic rings. The van der Waals surface area contributed by atoms with Crippen LogP contribution < -0.4 is 0 Å². The highest BCUT2D eigenvalue weighted by Gasteiger charge is 1.92. The largest absolute Gasteiger partial charge is 0.245 e. The lowest BCUT2D eigenvalue weighted by molar-refractivity contribution is 1.17. The normalized spacial score (nSPS) is 11.5. The molecule has 0 saturated carbocycles. The van der Waals surface area contributed by atoms with Crippen LogP contribution in [0.2, 0.25) is 0 Å². The topological polar surface area (TPSA) is 12.9 Å². The molecule has 0 atom stereocenters. The second kappa shape index (κ2) is 2.46. The van der Waals surface area contributed by atoms with E-state index in [-0.39, 0.29) is 0 Å². The molecule has 8 heavy (non-hydrogen) atoms. The average Bonchev–Trinajstić information content (AvgIpc) is 2.10. The van der Waals surface area contributed by atoms with Gasteiger partial charge in [0.25, 0.3) is 0 Å². The van der Waals surface area contributed by atoms with Crippen molar-refractivity contribution in [3.63, 3.8) is 0 Å². The lowest BCUT2D eigenvalue weighted by Gasteiger charge is -1.77. The van der Waals surface area contributed by atoms with Gasteiger partial charge in [0.2, 0.25) is 0 Å². The summed E-state index contributed by atoms with van der Waals surface area (Å²) in [5.41, 5.74) is 0.694. The minimum absolute atomic E-state index is 0.350. The van der Waals surface area contributed by atoms with Crippen LogP contribution in [0.25, 0.3) is 0 Å². The first-order chi connectivity index (χ1) is 4.24. The number of halogens is 1. The van der Waals surface area contributed by atoms with E-state index in [0.717, 1.165) is 5.01 Å². The molecule has 0 bridgehead atoms. The highest BCUT2D eigenvalue weighted by molar-refractivity contribution is 7.09. The van der Waals surface area contributed by atoms with Crippen LogP contribution in [-0.2, 0) is 5.88 Å². The second-order valence-corrected chi connectivity index (χ2v) is 2.68. The lowest BCUT2D eigenvalue weighted by Crippen LogP contribution is -1.74. The first-order valence-electron chi connectivity index (χ1n) is 2.73. The van der Waals surface area contributed by atoms with Gasteiger partial charge in [0.15, 0.2) is 0 Å². The van der Waals surface area contributed by atoms with Crippen molar-refractivity contribution in [2.75, 3.05) is 0 Å². The minimum atomic E-state index is 0.350. The van der Waals surface area contributed by atoms with E-state index in [1.165, 1.54) is 11.3 Å². The third-order valence-electron chi connectivity index (χ3n) is 0.736. The molecule has 0 aliphatic carbocycles. The first kappa shape index (κ1) is 4.77. The summed E-state index contributed by atoms with van der Waals surface area (Å²) in [6, 6.07) is 0. The smallest absolute Gasteiger partial charge is 0.0897 e. The van der Waals surface area contributed by atoms with Gasteiger partial charge in [-0.1, -0.05) is 0 Å². The van der Waals surface area contributed by atoms with E-state index >= 15 is 0 Å². The Balaban J connectivity index is 3.01. The maximum absolute atomic E-state index is 7.26. The summed E-state index contributed by atoms with van der Waals surface area (Å²) < 4.78 is 7.26. The molecule has 0 saturated heterocycles. The first-order valence-corrected chi connectivity index (χ1v) is 3.58. The SMILES string of the molecule is [2H]c1sc(C)nc1CCl. The molecular formula is C5H6ClNS. The molecule has 0 radical (unpaired) electrons. The Morgan fingerprint density at radius 3 is 3.12 bits per heavy atom. The quantitative estimate of drug-likeness (QED) is 0.557. The van der Waals surface area contributed by atoms with Crippen molar-refractivity contribution < 1.29 is 1.37 Å². The van der Waals surface area contributed by atoms with E-state index < -0.39 is 0 Å². The van der Waals surface area contributed by atoms with Crippen LogP contribution in [0, 0.1) is 6.92 Å². The summed E-state index contributed by atoms with van der Waals surface area (Å²) in [5, 5.41) is 1.40. The van der Waals surface area contributed by atoms with Gasteiger partial charge in [0, 0.05) is 5.36 Å². The van der Waals surface area contributed by atoms with Gasteiger partial charge in [-0.3, -0.25) is 0 Å². The van der Waals surface area contributed by atoms with Crippen molar-refractivity contribution in [3.8, 4) is 0 Å². The number of alkyl halides is 1. The monoisotopic (exact) mass is 148 g/mol. The highest BCUT2D eigenvalue weighted by Crippen LogP contribution is 2.08. The van der Waals surface area contributed by atoms with Gasteiger partial charge in [0.1, 0.15) is 0 Å². The van der Waals surface area contributed by atoms with Crippen LogP contribution >= 0.6 is 22.9 Å². The van der Waals surface area contributed by atoms with Gasteiger partial charge in [-0.15, -0.1) is 22.9 Å². The number of nitrogens with zero attached hydrogens (tertiary/aromatic N) is 1. The third-order valence-corrected chi connectivity index (χ3v) is 1.71. The second-order valence-electron chi connectivity index (χ2n) is 1.42. The van der Waals surface area contributed by atoms with Crippen molar-refractivity contribution in [2.24, 2.45) is 0 Å². The Morgan fingerprint density at radius 1 is 2.12 bits per heavy atom. The molecular weight excluding hydrogens is 142 g/mol. The van der Waals surface area contributed by atoms with E-state index in [2.05, 4.69) is 4.98 Å². The maximum atomic E-state index is 7.26. The fraction of sp³-hybridized carbons (Fsp3) is 0.400. The van der Waals surface area contributed by atoms with E-state index in [0.29, 0.717) is 16.9 Å². The number of hydrogen-bond donors (Lipinski definition) is 0. The molecule has 1 rings (SSSR count). The summed E-state index contributed by atoms with van der Waals surface area (Å²) >= 11 is 6.83. The van der Waals surface area contributed by atoms with Gasteiger partial charge in [-0.25, -0.2) is 4.98 Å². The fourth-order valence-corrected chi connectivity index (χ4v) is 1.17. The van der Waals surface area contributed by atoms with Gasteiger partial charge >= 0.3 is 0 Å². The molecule has 0 unspecified atom stereocenters. The predicted octanol–water partition coefficient (Wildman–Crippen LogP) is 2.19. The lowest BCUT2D eigenvalue weighted by atomic mass is 10.6. The van der Waals surface area contributed by atoms with Crippen molar-refractivity contribution in [2.45, 2.75) is 12.8 Å². The number of hydrogen-bond acceptors (Lipinski definition) is 2. The molecule has 0 aromatic carbocycles. The maximum Gasteiger partial charge on any atom is 0.0897 e. The molecule has 0 aliphatic rings. The Bertz CT molecular complexity index is 211. The van der Waals surface area contributed by atoms with E-state index in [4.69, 9.17) is 13.0 Å². The molecule has 0 spiro atoms. The fourth-order valence-electron chi connectivity index (χ4n) is 0.426. The predicted molar refractivity (Wildman–Crippen MR) is 36.4 cm³/mol. The van der Waals surface area contributed by atoms with Gasteiger partial charge in [0.05, 0.1) is 18.0 Å². The number of aromatic nitrogens is 1. The molecule has 1 heterocycles. The number of aryl methyl sites for hydroxylation is 1. The standard InChI is InChI=1S/C5H6ClNS/c1-4-7-5(2-6)3-8-4/h3H,2H2,1H3/i3D. The van der Waals surface area contributed by atoms with E-state index in [1.807, 2.05) is 6.92 Å². The van der Waals surface area contributed by atoms with Gasteiger partial charge in [-0.2, -0.15) is 0 Å². The zero-order valence-electron chi connectivity index (χ0n) is 5.44. The molecule has 0 amide bonds. The molecule has 0 fully saturated rings. The van der Waals surface area contributed by atoms with Crippen LogP contribution in [-0.4, -0.2) is 4.98 Å². The molecule has 0 N–H and O–H groups in total. The zero-order valence-corrected chi connectivity index (χ0v) is 6.01. The summed E-state index contributed by atoms with van der Waals surface area (Å²) in [6.45, 7) is 1.87. The Morgan fingerprint density at radius 2 is 2.88 bits per heavy atom. The van der Waals surface area contributed by atoms with Crippen molar-refractivity contribution in [3.05, 3.63) is 16.1 Å². The Labute approximate surface area is 58.7 Å². The molecule has 44 valence electrons. The van der Waals surface area contributed by atoms with Crippen LogP contribution in [0.15, 0.2) is 5.36 Å². The Hall–Kier alpha value is -0.0800. The Kier molecular flexibility index (Phi) is 1.47. The van der Waals surface area contributed by atoms with Crippen molar-refractivity contribution in [1.82, 2.24) is 4.98 Å². The summed E-state index contributed by atoms with van der Waals surface area (Å²) in [7, 11) is 0. The van der Waals surface area contributed by atoms with E-state index in [9.17, 15) is 0 Å². The van der Waals surface area contributed by atoms with Crippen LogP contribution in [0.3, 0.4) is 0 Å². The molecule has 1 aromatic heterocycles. The van der Waals surface area contributed by atoms with Crippen molar-refractivity contribution in [1.29, 1.82) is 0 Å². The van der Waals surface area contributed by atoms with Crippen LogP contribution in [0.5, 0.6) is 0 Å².